The predicted octanol–water partition coefficient (Wildman–Crippen LogP) is 6.44. The molecule has 2 aromatic carbocycles. The standard InChI is InChI=1S/C14H17FN2O.C10H17NO3.C8H8FNO.2CH4/c1-17-12-3-2-10(15)8-11(12)13(18)9-14(17)4-6-16-7-5-14;1-10(2,3)14-9(13)11-6-4-8(12)5-7-11;1-5(11)7-4-6(9)2-3-8(7)10;;/h2-3,8,16H,4-7,9H2,1H3;4-7H2,1-3H3;2-4H,10H2,1H3;2*1H4. The van der Waals surface area contributed by atoms with E-state index in [1.807, 2.05) is 27.8 Å². The predicted molar refractivity (Wildman–Crippen MR) is 175 cm³/mol. The first-order valence-electron chi connectivity index (χ1n) is 14.4. The third-order valence-electron chi connectivity index (χ3n) is 7.72. The van der Waals surface area contributed by atoms with Crippen LogP contribution in [-0.2, 0) is 9.53 Å². The molecule has 1 amide bonds. The number of carbonyl (C=O) groups is 4. The van der Waals surface area contributed by atoms with Crippen molar-refractivity contribution in [3.63, 3.8) is 0 Å². The van der Waals surface area contributed by atoms with Gasteiger partial charge in [0, 0.05) is 67.4 Å². The summed E-state index contributed by atoms with van der Waals surface area (Å²) in [5.74, 6) is -0.697. The Morgan fingerprint density at radius 3 is 2.04 bits per heavy atom. The summed E-state index contributed by atoms with van der Waals surface area (Å²) in [4.78, 5) is 49.2. The van der Waals surface area contributed by atoms with Crippen LogP contribution in [0.1, 0.15) is 95.4 Å². The highest BCUT2D eigenvalue weighted by molar-refractivity contribution is 6.04. The average molecular weight is 633 g/mol. The lowest BCUT2D eigenvalue weighted by molar-refractivity contribution is -0.121. The number of nitrogen functional groups attached to an aromatic ring is 1. The van der Waals surface area contributed by atoms with Gasteiger partial charge in [-0.25, -0.2) is 13.6 Å². The minimum absolute atomic E-state index is 0. The third kappa shape index (κ3) is 10.6. The van der Waals surface area contributed by atoms with Crippen LogP contribution in [0, 0.1) is 11.6 Å². The molecule has 0 aliphatic carbocycles. The van der Waals surface area contributed by atoms with Crippen molar-refractivity contribution in [2.75, 3.05) is 43.9 Å². The van der Waals surface area contributed by atoms with Crippen molar-refractivity contribution in [3.8, 4) is 0 Å². The SMILES string of the molecule is C.C.CC(=O)c1cc(F)ccc1N.CC(C)(C)OC(=O)N1CCC(=O)CC1.CN1c2ccc(F)cc2C(=O)CC12CCNCC2. The number of nitrogens with zero attached hydrogens (tertiary/aromatic N) is 2. The number of hydrogen-bond acceptors (Lipinski definition) is 8. The number of hydrogen-bond donors (Lipinski definition) is 2. The highest BCUT2D eigenvalue weighted by Crippen LogP contribution is 2.40. The first-order valence-corrected chi connectivity index (χ1v) is 14.4. The van der Waals surface area contributed by atoms with E-state index in [9.17, 15) is 28.0 Å². The summed E-state index contributed by atoms with van der Waals surface area (Å²) in [5.41, 5.74) is 6.83. The van der Waals surface area contributed by atoms with Crippen molar-refractivity contribution in [1.82, 2.24) is 10.2 Å². The van der Waals surface area contributed by atoms with Gasteiger partial charge in [-0.2, -0.15) is 0 Å². The molecule has 45 heavy (non-hydrogen) atoms. The van der Waals surface area contributed by atoms with E-state index >= 15 is 0 Å². The molecule has 2 saturated heterocycles. The van der Waals surface area contributed by atoms with Gasteiger partial charge in [0.05, 0.1) is 0 Å². The number of ketones is 3. The molecule has 1 spiro atoms. The van der Waals surface area contributed by atoms with Gasteiger partial charge in [-0.1, -0.05) is 14.9 Å². The van der Waals surface area contributed by atoms with E-state index in [1.54, 1.807) is 11.0 Å². The Kier molecular flexibility index (Phi) is 14.3. The maximum Gasteiger partial charge on any atom is 0.410 e. The molecule has 0 unspecified atom stereocenters. The van der Waals surface area contributed by atoms with Crippen molar-refractivity contribution in [2.24, 2.45) is 0 Å². The number of nitrogens with one attached hydrogen (secondary N) is 1. The molecular weight excluding hydrogens is 582 g/mol. The molecule has 3 heterocycles. The van der Waals surface area contributed by atoms with Gasteiger partial charge < -0.3 is 25.6 Å². The number of anilines is 2. The van der Waals surface area contributed by atoms with Crippen molar-refractivity contribution < 1.29 is 32.7 Å². The number of rotatable bonds is 1. The van der Waals surface area contributed by atoms with E-state index in [2.05, 4.69) is 10.2 Å². The zero-order valence-corrected chi connectivity index (χ0v) is 25.6. The summed E-state index contributed by atoms with van der Waals surface area (Å²) < 4.78 is 30.9. The molecule has 0 radical (unpaired) electrons. The molecule has 250 valence electrons. The number of benzene rings is 2. The first kappa shape index (κ1) is 39.2. The number of nitrogens with two attached hydrogens (primary N) is 1. The Morgan fingerprint density at radius 2 is 1.51 bits per heavy atom. The highest BCUT2D eigenvalue weighted by Gasteiger charge is 2.43. The van der Waals surface area contributed by atoms with Crippen LogP contribution in [0.3, 0.4) is 0 Å². The van der Waals surface area contributed by atoms with E-state index in [-0.39, 0.29) is 55.2 Å². The van der Waals surface area contributed by atoms with Gasteiger partial charge in [0.25, 0.3) is 0 Å². The third-order valence-corrected chi connectivity index (χ3v) is 7.72. The molecule has 11 heteroatoms. The molecule has 2 fully saturated rings. The fraction of sp³-hybridized carbons (Fsp3) is 0.529. The second-order valence-electron chi connectivity index (χ2n) is 12.1. The minimum Gasteiger partial charge on any atom is -0.444 e. The number of piperidine rings is 2. The maximum atomic E-state index is 13.2. The molecule has 0 aromatic heterocycles. The molecule has 0 bridgehead atoms. The summed E-state index contributed by atoms with van der Waals surface area (Å²) in [7, 11) is 2.02. The maximum absolute atomic E-state index is 13.2. The zero-order chi connectivity index (χ0) is 31.9. The molecule has 3 aliphatic heterocycles. The van der Waals surface area contributed by atoms with Crippen LogP contribution in [0.2, 0.25) is 0 Å². The van der Waals surface area contributed by atoms with Gasteiger partial charge in [0.2, 0.25) is 0 Å². The number of likely N-dealkylation sites (tertiary alicyclic amines) is 1. The molecule has 2 aromatic rings. The highest BCUT2D eigenvalue weighted by atomic mass is 19.1. The Hall–Kier alpha value is -3.86. The summed E-state index contributed by atoms with van der Waals surface area (Å²) in [6.45, 7) is 9.72. The molecule has 0 atom stereocenters. The van der Waals surface area contributed by atoms with Crippen LogP contribution < -0.4 is 16.0 Å². The number of fused-ring (bicyclic) bond motifs is 1. The molecule has 9 nitrogen and oxygen atoms in total. The van der Waals surface area contributed by atoms with Crippen molar-refractivity contribution in [1.29, 1.82) is 0 Å². The van der Waals surface area contributed by atoms with Gasteiger partial charge in [-0.3, -0.25) is 14.4 Å². The van der Waals surface area contributed by atoms with E-state index in [1.165, 1.54) is 31.2 Å². The van der Waals surface area contributed by atoms with Crippen molar-refractivity contribution in [3.05, 3.63) is 59.2 Å². The number of halogens is 2. The second kappa shape index (κ2) is 16.5. The summed E-state index contributed by atoms with van der Waals surface area (Å²) in [6, 6.07) is 8.27. The average Bonchev–Trinajstić information content (AvgIpc) is 2.94. The summed E-state index contributed by atoms with van der Waals surface area (Å²) in [5, 5.41) is 3.33. The minimum atomic E-state index is -0.460. The van der Waals surface area contributed by atoms with E-state index in [4.69, 9.17) is 10.5 Å². The smallest absolute Gasteiger partial charge is 0.410 e. The van der Waals surface area contributed by atoms with Crippen molar-refractivity contribution >= 4 is 34.8 Å². The van der Waals surface area contributed by atoms with Gasteiger partial charge in [0.1, 0.15) is 23.0 Å². The second-order valence-corrected chi connectivity index (χ2v) is 12.1. The zero-order valence-electron chi connectivity index (χ0n) is 25.6. The molecular formula is C34H50F2N4O5. The number of amides is 1. The largest absolute Gasteiger partial charge is 0.444 e. The van der Waals surface area contributed by atoms with Crippen LogP contribution in [0.15, 0.2) is 36.4 Å². The lowest BCUT2D eigenvalue weighted by Crippen LogP contribution is -2.56. The fourth-order valence-electron chi connectivity index (χ4n) is 5.30. The van der Waals surface area contributed by atoms with Crippen molar-refractivity contribution in [2.45, 2.75) is 85.8 Å². The normalized spacial score (nSPS) is 16.9. The first-order chi connectivity index (χ1) is 20.1. The van der Waals surface area contributed by atoms with Gasteiger partial charge >= 0.3 is 6.09 Å². The Labute approximate surface area is 266 Å². The van der Waals surface area contributed by atoms with E-state index in [0.29, 0.717) is 43.6 Å². The quantitative estimate of drug-likeness (QED) is 0.272. The van der Waals surface area contributed by atoms with E-state index < -0.39 is 11.4 Å². The molecule has 5 rings (SSSR count). The Bertz CT molecular complexity index is 1340. The fourth-order valence-corrected chi connectivity index (χ4v) is 5.30. The van der Waals surface area contributed by atoms with Crippen LogP contribution in [0.25, 0.3) is 0 Å². The Morgan fingerprint density at radius 1 is 0.956 bits per heavy atom. The number of ether oxygens (including phenoxy) is 1. The summed E-state index contributed by atoms with van der Waals surface area (Å²) in [6.07, 6.45) is 3.03. The van der Waals surface area contributed by atoms with Crippen LogP contribution in [0.5, 0.6) is 0 Å². The Balaban J connectivity index is 0.000000341. The molecule has 3 N–H and O–H groups in total. The van der Waals surface area contributed by atoms with Crippen LogP contribution in [0.4, 0.5) is 25.0 Å². The van der Waals surface area contributed by atoms with Gasteiger partial charge in [-0.15, -0.1) is 0 Å². The lowest BCUT2D eigenvalue weighted by atomic mass is 9.77. The van der Waals surface area contributed by atoms with Crippen LogP contribution in [-0.4, -0.2) is 72.7 Å². The summed E-state index contributed by atoms with van der Waals surface area (Å²) >= 11 is 0. The van der Waals surface area contributed by atoms with Crippen LogP contribution >= 0.6 is 0 Å². The number of carbonyl (C=O) groups excluding carboxylic acids is 4. The van der Waals surface area contributed by atoms with Gasteiger partial charge in [-0.05, 0) is 90.0 Å². The molecule has 0 saturated carbocycles. The van der Waals surface area contributed by atoms with E-state index in [0.717, 1.165) is 37.7 Å². The number of Topliss-reactive ketones (excluding diaryl/α,β-unsaturated/α-hetero) is 3. The monoisotopic (exact) mass is 632 g/mol. The van der Waals surface area contributed by atoms with Gasteiger partial charge in [0.15, 0.2) is 11.6 Å². The lowest BCUT2D eigenvalue weighted by Gasteiger charge is -2.49. The molecule has 3 aliphatic rings. The topological polar surface area (TPSA) is 122 Å².